The molecule has 1 aliphatic heterocycles. The van der Waals surface area contributed by atoms with Gasteiger partial charge in [-0.3, -0.25) is 9.88 Å². The second kappa shape index (κ2) is 8.03. The molecule has 4 nitrogen and oxygen atoms in total. The van der Waals surface area contributed by atoms with Gasteiger partial charge in [0.2, 0.25) is 0 Å². The Labute approximate surface area is 178 Å². The Kier molecular flexibility index (Phi) is 5.10. The molecule has 0 amide bonds. The Hall–Kier alpha value is -2.60. The van der Waals surface area contributed by atoms with Crippen LogP contribution in [0.1, 0.15) is 16.8 Å². The highest BCUT2D eigenvalue weighted by molar-refractivity contribution is 7.08. The molecule has 4 heterocycles. The quantitative estimate of drug-likeness (QED) is 0.440. The molecule has 0 saturated carbocycles. The number of nitrogens with zero attached hydrogens (tertiary/aromatic N) is 4. The smallest absolute Gasteiger partial charge is 0.159 e. The molecule has 0 aliphatic carbocycles. The van der Waals surface area contributed by atoms with Gasteiger partial charge in [-0.1, -0.05) is 17.7 Å². The molecule has 6 heteroatoms. The third-order valence-electron chi connectivity index (χ3n) is 5.16. The highest BCUT2D eigenvalue weighted by Gasteiger charge is 2.19. The molecule has 144 valence electrons. The maximum atomic E-state index is 5.98. The van der Waals surface area contributed by atoms with Crippen LogP contribution < -0.4 is 0 Å². The lowest BCUT2D eigenvalue weighted by atomic mass is 10.1. The van der Waals surface area contributed by atoms with Gasteiger partial charge in [-0.15, -0.1) is 0 Å². The number of aromatic nitrogens is 3. The molecule has 0 N–H and O–H groups in total. The van der Waals surface area contributed by atoms with Gasteiger partial charge in [-0.05, 0) is 47.3 Å². The maximum Gasteiger partial charge on any atom is 0.159 e. The number of pyridine rings is 1. The van der Waals surface area contributed by atoms with Crippen LogP contribution >= 0.6 is 22.9 Å². The Bertz CT molecular complexity index is 1110. The van der Waals surface area contributed by atoms with Crippen molar-refractivity contribution in [2.24, 2.45) is 0 Å². The third kappa shape index (κ3) is 4.08. The Morgan fingerprint density at radius 1 is 0.966 bits per heavy atom. The van der Waals surface area contributed by atoms with E-state index in [1.165, 1.54) is 16.7 Å². The van der Waals surface area contributed by atoms with Crippen molar-refractivity contribution in [1.29, 1.82) is 0 Å². The molecular formula is C23H19ClN4S. The largest absolute Gasteiger partial charge is 0.294 e. The first-order valence-corrected chi connectivity index (χ1v) is 10.9. The molecule has 29 heavy (non-hydrogen) atoms. The van der Waals surface area contributed by atoms with Gasteiger partial charge in [0.15, 0.2) is 5.82 Å². The van der Waals surface area contributed by atoms with Gasteiger partial charge in [-0.25, -0.2) is 9.97 Å². The average molecular weight is 419 g/mol. The Morgan fingerprint density at radius 2 is 1.86 bits per heavy atom. The fourth-order valence-corrected chi connectivity index (χ4v) is 4.38. The second-order valence-corrected chi connectivity index (χ2v) is 8.41. The molecule has 0 fully saturated rings. The van der Waals surface area contributed by atoms with Crippen molar-refractivity contribution in [2.75, 3.05) is 6.54 Å². The predicted octanol–water partition coefficient (Wildman–Crippen LogP) is 5.48. The molecule has 0 atom stereocenters. The molecule has 0 unspecified atom stereocenters. The number of fused-ring (bicyclic) bond motifs is 1. The van der Waals surface area contributed by atoms with Gasteiger partial charge in [-0.2, -0.15) is 11.3 Å². The van der Waals surface area contributed by atoms with E-state index in [9.17, 15) is 0 Å². The molecule has 5 rings (SSSR count). The highest BCUT2D eigenvalue weighted by Crippen LogP contribution is 2.24. The van der Waals surface area contributed by atoms with E-state index in [0.29, 0.717) is 0 Å². The van der Waals surface area contributed by atoms with Gasteiger partial charge in [0.1, 0.15) is 0 Å². The number of hydrogen-bond acceptors (Lipinski definition) is 5. The van der Waals surface area contributed by atoms with Gasteiger partial charge in [0.25, 0.3) is 0 Å². The molecule has 0 saturated heterocycles. The lowest BCUT2D eigenvalue weighted by Crippen LogP contribution is -2.31. The number of thiophene rings is 1. The van der Waals surface area contributed by atoms with Gasteiger partial charge < -0.3 is 0 Å². The fraction of sp³-hybridized carbons (Fsp3) is 0.174. The van der Waals surface area contributed by atoms with Crippen molar-refractivity contribution in [2.45, 2.75) is 19.5 Å². The summed E-state index contributed by atoms with van der Waals surface area (Å²) in [5, 5.41) is 4.93. The van der Waals surface area contributed by atoms with Crippen LogP contribution in [0, 0.1) is 0 Å². The van der Waals surface area contributed by atoms with Crippen LogP contribution in [0.2, 0.25) is 5.02 Å². The number of halogens is 1. The monoisotopic (exact) mass is 418 g/mol. The van der Waals surface area contributed by atoms with E-state index >= 15 is 0 Å². The molecule has 0 spiro atoms. The van der Waals surface area contributed by atoms with Crippen molar-refractivity contribution < 1.29 is 0 Å². The van der Waals surface area contributed by atoms with Crippen molar-refractivity contribution in [3.05, 3.63) is 87.5 Å². The van der Waals surface area contributed by atoms with Crippen molar-refractivity contribution in [1.82, 2.24) is 19.9 Å². The van der Waals surface area contributed by atoms with Crippen LogP contribution in [-0.4, -0.2) is 26.4 Å². The zero-order chi connectivity index (χ0) is 19.6. The van der Waals surface area contributed by atoms with Crippen LogP contribution in [0.15, 0.2) is 65.6 Å². The summed E-state index contributed by atoms with van der Waals surface area (Å²) in [6.45, 7) is 2.73. The predicted molar refractivity (Wildman–Crippen MR) is 118 cm³/mol. The van der Waals surface area contributed by atoms with Gasteiger partial charge in [0.05, 0.1) is 11.4 Å². The standard InChI is InChI=1S/C23H19ClN4S/c24-20-4-2-17(3-5-20)23-26-12-19-14-28(9-7-22(19)27-23)13-16-1-6-21(25-11-16)18-8-10-29-15-18/h1-6,8,10-12,15H,7,9,13-14H2. The second-order valence-electron chi connectivity index (χ2n) is 7.20. The van der Waals surface area contributed by atoms with E-state index in [1.54, 1.807) is 11.3 Å². The van der Waals surface area contributed by atoms with E-state index in [2.05, 4.69) is 43.8 Å². The molecule has 4 aromatic rings. The van der Waals surface area contributed by atoms with Crippen LogP contribution in [0.25, 0.3) is 22.6 Å². The number of rotatable bonds is 4. The lowest BCUT2D eigenvalue weighted by Gasteiger charge is -2.28. The molecule has 0 radical (unpaired) electrons. The highest BCUT2D eigenvalue weighted by atomic mass is 35.5. The van der Waals surface area contributed by atoms with Crippen molar-refractivity contribution in [3.63, 3.8) is 0 Å². The summed E-state index contributed by atoms with van der Waals surface area (Å²) in [5.41, 5.74) is 6.79. The summed E-state index contributed by atoms with van der Waals surface area (Å²) >= 11 is 7.68. The zero-order valence-electron chi connectivity index (χ0n) is 15.8. The van der Waals surface area contributed by atoms with Gasteiger partial charge in [0, 0.05) is 65.5 Å². The van der Waals surface area contributed by atoms with Crippen LogP contribution in [0.4, 0.5) is 0 Å². The molecule has 3 aromatic heterocycles. The van der Waals surface area contributed by atoms with Gasteiger partial charge >= 0.3 is 0 Å². The summed E-state index contributed by atoms with van der Waals surface area (Å²) in [4.78, 5) is 16.4. The van der Waals surface area contributed by atoms with Crippen LogP contribution in [0.3, 0.4) is 0 Å². The first-order valence-electron chi connectivity index (χ1n) is 9.55. The van der Waals surface area contributed by atoms with E-state index < -0.39 is 0 Å². The maximum absolute atomic E-state index is 5.98. The van der Waals surface area contributed by atoms with Crippen LogP contribution in [0.5, 0.6) is 0 Å². The summed E-state index contributed by atoms with van der Waals surface area (Å²) in [7, 11) is 0. The normalized spacial score (nSPS) is 14.0. The molecule has 1 aromatic carbocycles. The SMILES string of the molecule is Clc1ccc(-c2ncc3c(n2)CCN(Cc2ccc(-c4ccsc4)nc2)C3)cc1. The first-order chi connectivity index (χ1) is 14.2. The lowest BCUT2D eigenvalue weighted by molar-refractivity contribution is 0.242. The number of hydrogen-bond donors (Lipinski definition) is 0. The summed E-state index contributed by atoms with van der Waals surface area (Å²) in [5.74, 6) is 0.766. The number of benzene rings is 1. The summed E-state index contributed by atoms with van der Waals surface area (Å²) < 4.78 is 0. The van der Waals surface area contributed by atoms with E-state index in [0.717, 1.165) is 53.9 Å². The van der Waals surface area contributed by atoms with E-state index in [4.69, 9.17) is 16.6 Å². The average Bonchev–Trinajstić information content (AvgIpc) is 3.29. The first kappa shape index (κ1) is 18.4. The van der Waals surface area contributed by atoms with Crippen molar-refractivity contribution in [3.8, 4) is 22.6 Å². The molecule has 0 bridgehead atoms. The Balaban J connectivity index is 1.28. The summed E-state index contributed by atoms with van der Waals surface area (Å²) in [6.07, 6.45) is 4.89. The summed E-state index contributed by atoms with van der Waals surface area (Å²) in [6, 6.07) is 14.1. The molecular weight excluding hydrogens is 400 g/mol. The fourth-order valence-electron chi connectivity index (χ4n) is 3.60. The van der Waals surface area contributed by atoms with Crippen molar-refractivity contribution >= 4 is 22.9 Å². The third-order valence-corrected chi connectivity index (χ3v) is 6.10. The topological polar surface area (TPSA) is 41.9 Å². The minimum Gasteiger partial charge on any atom is -0.294 e. The van der Waals surface area contributed by atoms with Crippen LogP contribution in [-0.2, 0) is 19.5 Å². The van der Waals surface area contributed by atoms with E-state index in [-0.39, 0.29) is 0 Å². The Morgan fingerprint density at radius 3 is 2.62 bits per heavy atom. The molecule has 1 aliphatic rings. The zero-order valence-corrected chi connectivity index (χ0v) is 17.3. The minimum atomic E-state index is 0.722. The van der Waals surface area contributed by atoms with E-state index in [1.807, 2.05) is 36.7 Å². The minimum absolute atomic E-state index is 0.722.